The molecule has 0 spiro atoms. The molecule has 5 heteroatoms. The van der Waals surface area contributed by atoms with Crippen molar-refractivity contribution in [1.82, 2.24) is 9.97 Å². The molecule has 0 saturated carbocycles. The molecule has 0 aliphatic heterocycles. The second kappa shape index (κ2) is 7.25. The number of benzene rings is 2. The number of nitrogens with one attached hydrogen (secondary N) is 1. The normalized spacial score (nSPS) is 12.1. The van der Waals surface area contributed by atoms with Gasteiger partial charge in [0.1, 0.15) is 17.1 Å². The number of pyridine rings is 2. The Morgan fingerprint density at radius 2 is 1.70 bits per heavy atom. The van der Waals surface area contributed by atoms with Gasteiger partial charge < -0.3 is 10.4 Å². The highest BCUT2D eigenvalue weighted by atomic mass is 35.5. The molecule has 2 aromatic heterocycles. The molecule has 2 aromatic carbocycles. The molecule has 27 heavy (non-hydrogen) atoms. The van der Waals surface area contributed by atoms with Crippen molar-refractivity contribution in [3.8, 4) is 5.75 Å². The van der Waals surface area contributed by atoms with Gasteiger partial charge in [-0.2, -0.15) is 0 Å². The van der Waals surface area contributed by atoms with E-state index in [1.807, 2.05) is 73.7 Å². The number of nitrogens with zero attached hydrogens (tertiary/aromatic N) is 2. The maximum Gasteiger partial charge on any atom is 0.147 e. The smallest absolute Gasteiger partial charge is 0.147 e. The van der Waals surface area contributed by atoms with Gasteiger partial charge in [-0.25, -0.2) is 9.97 Å². The summed E-state index contributed by atoms with van der Waals surface area (Å²) in [5.74, 6) is 0.837. The van der Waals surface area contributed by atoms with Crippen molar-refractivity contribution < 1.29 is 5.11 Å². The zero-order chi connectivity index (χ0) is 18.8. The van der Waals surface area contributed by atoms with Crippen LogP contribution in [0.2, 0.25) is 5.02 Å². The Morgan fingerprint density at radius 3 is 2.48 bits per heavy atom. The predicted octanol–water partition coefficient (Wildman–Crippen LogP) is 5.50. The number of fused-ring (bicyclic) bond motifs is 1. The third-order valence-corrected chi connectivity index (χ3v) is 4.83. The van der Waals surface area contributed by atoms with Gasteiger partial charge in [0, 0.05) is 27.9 Å². The average Bonchev–Trinajstić information content (AvgIpc) is 2.69. The summed E-state index contributed by atoms with van der Waals surface area (Å²) in [6.07, 6.45) is 1.72. The van der Waals surface area contributed by atoms with Crippen LogP contribution in [0.25, 0.3) is 10.9 Å². The van der Waals surface area contributed by atoms with Crippen LogP contribution in [-0.4, -0.2) is 15.1 Å². The highest BCUT2D eigenvalue weighted by Crippen LogP contribution is 2.38. The van der Waals surface area contributed by atoms with E-state index in [9.17, 15) is 5.11 Å². The van der Waals surface area contributed by atoms with E-state index in [4.69, 9.17) is 11.6 Å². The maximum absolute atomic E-state index is 11.0. The van der Waals surface area contributed by atoms with Crippen LogP contribution >= 0.6 is 11.6 Å². The second-order valence-corrected chi connectivity index (χ2v) is 6.75. The molecule has 4 nitrogen and oxygen atoms in total. The van der Waals surface area contributed by atoms with E-state index in [1.54, 1.807) is 6.20 Å². The molecule has 134 valence electrons. The number of hydrogen-bond acceptors (Lipinski definition) is 4. The summed E-state index contributed by atoms with van der Waals surface area (Å²) in [5.41, 5.74) is 2.97. The summed E-state index contributed by atoms with van der Waals surface area (Å²) in [6.45, 7) is 1.91. The number of halogens is 1. The first-order valence-corrected chi connectivity index (χ1v) is 9.02. The molecule has 2 heterocycles. The molecule has 0 unspecified atom stereocenters. The lowest BCUT2D eigenvalue weighted by atomic mass is 9.96. The summed E-state index contributed by atoms with van der Waals surface area (Å²) in [4.78, 5) is 8.87. The predicted molar refractivity (Wildman–Crippen MR) is 109 cm³/mol. The van der Waals surface area contributed by atoms with E-state index in [2.05, 4.69) is 15.3 Å². The monoisotopic (exact) mass is 375 g/mol. The van der Waals surface area contributed by atoms with Crippen molar-refractivity contribution in [1.29, 1.82) is 0 Å². The molecule has 4 rings (SSSR count). The van der Waals surface area contributed by atoms with Crippen LogP contribution < -0.4 is 5.32 Å². The van der Waals surface area contributed by atoms with E-state index in [1.165, 1.54) is 0 Å². The zero-order valence-corrected chi connectivity index (χ0v) is 15.5. The van der Waals surface area contributed by atoms with Crippen LogP contribution in [0.5, 0.6) is 5.75 Å². The third-order valence-electron chi connectivity index (χ3n) is 4.49. The van der Waals surface area contributed by atoms with Gasteiger partial charge >= 0.3 is 0 Å². The number of aromatic nitrogens is 2. The van der Waals surface area contributed by atoms with Crippen molar-refractivity contribution in [2.75, 3.05) is 5.32 Å². The number of anilines is 1. The summed E-state index contributed by atoms with van der Waals surface area (Å²) in [6, 6.07) is 20.6. The SMILES string of the molecule is Cc1ccc2ccc([C@@H](Nc3ccccn3)c3ccccc3Cl)c(O)c2n1. The molecule has 0 amide bonds. The first-order valence-electron chi connectivity index (χ1n) is 8.65. The Balaban J connectivity index is 1.89. The lowest BCUT2D eigenvalue weighted by Crippen LogP contribution is -2.14. The number of rotatable bonds is 4. The second-order valence-electron chi connectivity index (χ2n) is 6.34. The summed E-state index contributed by atoms with van der Waals surface area (Å²) >= 11 is 6.47. The van der Waals surface area contributed by atoms with Crippen LogP contribution in [0.3, 0.4) is 0 Å². The number of aromatic hydroxyl groups is 1. The molecule has 0 aliphatic rings. The van der Waals surface area contributed by atoms with Gasteiger partial charge in [0.05, 0.1) is 6.04 Å². The molecule has 0 radical (unpaired) electrons. The van der Waals surface area contributed by atoms with Crippen LogP contribution in [-0.2, 0) is 0 Å². The lowest BCUT2D eigenvalue weighted by Gasteiger charge is -2.23. The molecule has 1 atom stereocenters. The largest absolute Gasteiger partial charge is 0.505 e. The fraction of sp³-hybridized carbons (Fsp3) is 0.0909. The van der Waals surface area contributed by atoms with Gasteiger partial charge in [0.15, 0.2) is 0 Å². The maximum atomic E-state index is 11.0. The van der Waals surface area contributed by atoms with Gasteiger partial charge in [0.25, 0.3) is 0 Å². The van der Waals surface area contributed by atoms with Crippen molar-refractivity contribution in [2.45, 2.75) is 13.0 Å². The summed E-state index contributed by atoms with van der Waals surface area (Å²) in [5, 5.41) is 15.9. The lowest BCUT2D eigenvalue weighted by molar-refractivity contribution is 0.471. The Labute approximate surface area is 162 Å². The number of phenolic OH excluding ortho intramolecular Hbond substituents is 1. The molecule has 0 bridgehead atoms. The molecular weight excluding hydrogens is 358 g/mol. The molecule has 0 fully saturated rings. The fourth-order valence-electron chi connectivity index (χ4n) is 3.15. The standard InChI is InChI=1S/C22H18ClN3O/c1-14-9-10-15-11-12-17(22(27)20(15)25-14)21(16-6-2-3-7-18(16)23)26-19-8-4-5-13-24-19/h2-13,21,27H,1H3,(H,24,26)/t21-/m0/s1. The number of phenols is 1. The number of aryl methyl sites for hydroxylation is 1. The molecule has 2 N–H and O–H groups in total. The van der Waals surface area contributed by atoms with Crippen molar-refractivity contribution in [3.05, 3.63) is 94.8 Å². The van der Waals surface area contributed by atoms with E-state index >= 15 is 0 Å². The topological polar surface area (TPSA) is 58.0 Å². The Morgan fingerprint density at radius 1 is 0.926 bits per heavy atom. The quantitative estimate of drug-likeness (QED) is 0.494. The van der Waals surface area contributed by atoms with Crippen LogP contribution in [0, 0.1) is 6.92 Å². The highest BCUT2D eigenvalue weighted by molar-refractivity contribution is 6.31. The molecule has 0 aliphatic carbocycles. The summed E-state index contributed by atoms with van der Waals surface area (Å²) < 4.78 is 0. The average molecular weight is 376 g/mol. The van der Waals surface area contributed by atoms with Gasteiger partial charge in [-0.1, -0.05) is 54.1 Å². The fourth-order valence-corrected chi connectivity index (χ4v) is 3.39. The van der Waals surface area contributed by atoms with Crippen molar-refractivity contribution >= 4 is 28.3 Å². The summed E-state index contributed by atoms with van der Waals surface area (Å²) in [7, 11) is 0. The molecule has 0 saturated heterocycles. The third kappa shape index (κ3) is 3.44. The zero-order valence-electron chi connectivity index (χ0n) is 14.7. The van der Waals surface area contributed by atoms with Crippen LogP contribution in [0.4, 0.5) is 5.82 Å². The number of hydrogen-bond donors (Lipinski definition) is 2. The minimum Gasteiger partial charge on any atom is -0.505 e. The van der Waals surface area contributed by atoms with E-state index in [0.29, 0.717) is 21.9 Å². The van der Waals surface area contributed by atoms with E-state index in [0.717, 1.165) is 16.6 Å². The van der Waals surface area contributed by atoms with E-state index in [-0.39, 0.29) is 11.8 Å². The first kappa shape index (κ1) is 17.3. The van der Waals surface area contributed by atoms with E-state index < -0.39 is 0 Å². The Kier molecular flexibility index (Phi) is 4.65. The Hall–Kier alpha value is -3.11. The molecule has 4 aromatic rings. The van der Waals surface area contributed by atoms with Crippen LogP contribution in [0.1, 0.15) is 22.9 Å². The van der Waals surface area contributed by atoms with Gasteiger partial charge in [-0.05, 0) is 36.8 Å². The first-order chi connectivity index (χ1) is 13.1. The van der Waals surface area contributed by atoms with Gasteiger partial charge in [-0.3, -0.25) is 0 Å². The van der Waals surface area contributed by atoms with Crippen molar-refractivity contribution in [2.24, 2.45) is 0 Å². The molecular formula is C22H18ClN3O. The van der Waals surface area contributed by atoms with Crippen LogP contribution in [0.15, 0.2) is 72.9 Å². The minimum atomic E-state index is -0.375. The van der Waals surface area contributed by atoms with Crippen molar-refractivity contribution in [3.63, 3.8) is 0 Å². The van der Waals surface area contributed by atoms with Gasteiger partial charge in [0.2, 0.25) is 0 Å². The Bertz CT molecular complexity index is 1100. The van der Waals surface area contributed by atoms with Gasteiger partial charge in [-0.15, -0.1) is 0 Å². The highest BCUT2D eigenvalue weighted by Gasteiger charge is 2.22. The minimum absolute atomic E-state index is 0.143.